The van der Waals surface area contributed by atoms with E-state index in [1.165, 1.54) is 32.1 Å². The molecule has 0 aromatic carbocycles. The van der Waals surface area contributed by atoms with Crippen LogP contribution in [0.3, 0.4) is 0 Å². The molecule has 0 spiro atoms. The van der Waals surface area contributed by atoms with Crippen LogP contribution in [0.5, 0.6) is 6.01 Å². The van der Waals surface area contributed by atoms with Crippen LogP contribution < -0.4 is 15.0 Å². The fourth-order valence-corrected chi connectivity index (χ4v) is 2.37. The van der Waals surface area contributed by atoms with Crippen molar-refractivity contribution in [2.24, 2.45) is 0 Å². The Morgan fingerprint density at radius 1 is 1.00 bits per heavy atom. The molecule has 6 nitrogen and oxygen atoms in total. The second-order valence-corrected chi connectivity index (χ2v) is 4.96. The molecule has 1 fully saturated rings. The first kappa shape index (κ1) is 14.8. The third-order valence-corrected chi connectivity index (χ3v) is 3.35. The minimum Gasteiger partial charge on any atom is -0.464 e. The molecule has 1 aliphatic rings. The van der Waals surface area contributed by atoms with E-state index < -0.39 is 0 Å². The third-order valence-electron chi connectivity index (χ3n) is 3.35. The lowest BCUT2D eigenvalue weighted by atomic mass is 10.1. The summed E-state index contributed by atoms with van der Waals surface area (Å²) in [4.78, 5) is 15.5. The first-order valence-electron chi connectivity index (χ1n) is 7.71. The Morgan fingerprint density at radius 3 is 2.35 bits per heavy atom. The number of hydrogen-bond acceptors (Lipinski definition) is 6. The van der Waals surface area contributed by atoms with E-state index in [0.29, 0.717) is 18.6 Å². The molecule has 0 unspecified atom stereocenters. The number of hydrogen-bond donors (Lipinski definition) is 1. The van der Waals surface area contributed by atoms with Gasteiger partial charge in [0.2, 0.25) is 11.9 Å². The van der Waals surface area contributed by atoms with Crippen LogP contribution in [0.1, 0.15) is 46.0 Å². The highest BCUT2D eigenvalue weighted by Crippen LogP contribution is 2.19. The van der Waals surface area contributed by atoms with Gasteiger partial charge in [0, 0.05) is 19.6 Å². The van der Waals surface area contributed by atoms with Gasteiger partial charge in [0.15, 0.2) is 0 Å². The number of anilines is 2. The van der Waals surface area contributed by atoms with Gasteiger partial charge in [-0.15, -0.1) is 0 Å². The standard InChI is InChI=1S/C14H25N5O/c1-3-15-12-16-13(18-14(17-12)20-4-2)19-10-8-6-5-7-9-11-19/h3-11H2,1-2H3,(H,15,16,17,18). The molecule has 2 heterocycles. The minimum absolute atomic E-state index is 0.413. The topological polar surface area (TPSA) is 63.2 Å². The van der Waals surface area contributed by atoms with Gasteiger partial charge >= 0.3 is 6.01 Å². The molecule has 0 bridgehead atoms. The summed E-state index contributed by atoms with van der Waals surface area (Å²) in [6, 6.07) is 0.413. The van der Waals surface area contributed by atoms with E-state index in [1.807, 2.05) is 13.8 Å². The van der Waals surface area contributed by atoms with E-state index in [2.05, 4.69) is 25.2 Å². The van der Waals surface area contributed by atoms with Gasteiger partial charge in [-0.25, -0.2) is 0 Å². The summed E-state index contributed by atoms with van der Waals surface area (Å²) in [6.07, 6.45) is 6.33. The molecule has 6 heteroatoms. The maximum atomic E-state index is 5.45. The predicted molar refractivity (Wildman–Crippen MR) is 80.5 cm³/mol. The molecule has 0 saturated carbocycles. The van der Waals surface area contributed by atoms with Crippen molar-refractivity contribution >= 4 is 11.9 Å². The Labute approximate surface area is 121 Å². The zero-order valence-corrected chi connectivity index (χ0v) is 12.6. The molecule has 0 radical (unpaired) electrons. The van der Waals surface area contributed by atoms with Crippen molar-refractivity contribution in [2.75, 3.05) is 36.5 Å². The smallest absolute Gasteiger partial charge is 0.323 e. The van der Waals surface area contributed by atoms with E-state index in [0.717, 1.165) is 25.6 Å². The average molecular weight is 279 g/mol. The lowest BCUT2D eigenvalue weighted by molar-refractivity contribution is 0.312. The normalized spacial score (nSPS) is 16.4. The molecule has 0 aliphatic carbocycles. The molecule has 20 heavy (non-hydrogen) atoms. The molecular weight excluding hydrogens is 254 g/mol. The summed E-state index contributed by atoms with van der Waals surface area (Å²) in [7, 11) is 0. The number of nitrogens with one attached hydrogen (secondary N) is 1. The Balaban J connectivity index is 2.18. The fraction of sp³-hybridized carbons (Fsp3) is 0.786. The summed E-state index contributed by atoms with van der Waals surface area (Å²) >= 11 is 0. The van der Waals surface area contributed by atoms with E-state index in [1.54, 1.807) is 0 Å². The van der Waals surface area contributed by atoms with E-state index in [4.69, 9.17) is 4.74 Å². The monoisotopic (exact) mass is 279 g/mol. The van der Waals surface area contributed by atoms with Crippen LogP contribution in [0.15, 0.2) is 0 Å². The highest BCUT2D eigenvalue weighted by Gasteiger charge is 2.15. The minimum atomic E-state index is 0.413. The van der Waals surface area contributed by atoms with Crippen LogP contribution in [0.2, 0.25) is 0 Å². The number of aromatic nitrogens is 3. The van der Waals surface area contributed by atoms with Crippen molar-refractivity contribution in [3.8, 4) is 6.01 Å². The van der Waals surface area contributed by atoms with Crippen LogP contribution in [0.4, 0.5) is 11.9 Å². The second-order valence-electron chi connectivity index (χ2n) is 4.96. The summed E-state index contributed by atoms with van der Waals surface area (Å²) in [5.41, 5.74) is 0. The Hall–Kier alpha value is -1.59. The van der Waals surface area contributed by atoms with Crippen LogP contribution in [-0.4, -0.2) is 41.2 Å². The highest BCUT2D eigenvalue weighted by molar-refractivity contribution is 5.38. The maximum Gasteiger partial charge on any atom is 0.323 e. The van der Waals surface area contributed by atoms with E-state index in [9.17, 15) is 0 Å². The molecule has 1 saturated heterocycles. The highest BCUT2D eigenvalue weighted by atomic mass is 16.5. The zero-order chi connectivity index (χ0) is 14.2. The van der Waals surface area contributed by atoms with Crippen LogP contribution in [0, 0.1) is 0 Å². The van der Waals surface area contributed by atoms with Crippen LogP contribution >= 0.6 is 0 Å². The molecular formula is C14H25N5O. The molecule has 1 aromatic heterocycles. The molecule has 1 N–H and O–H groups in total. The van der Waals surface area contributed by atoms with Gasteiger partial charge in [0.05, 0.1) is 6.61 Å². The van der Waals surface area contributed by atoms with Crippen molar-refractivity contribution in [1.29, 1.82) is 0 Å². The van der Waals surface area contributed by atoms with Crippen molar-refractivity contribution in [1.82, 2.24) is 15.0 Å². The van der Waals surface area contributed by atoms with Crippen molar-refractivity contribution in [3.05, 3.63) is 0 Å². The first-order valence-corrected chi connectivity index (χ1v) is 7.71. The number of nitrogens with zero attached hydrogens (tertiary/aromatic N) is 4. The molecule has 0 atom stereocenters. The SMILES string of the molecule is CCNc1nc(OCC)nc(N2CCCCCCC2)n1. The van der Waals surface area contributed by atoms with E-state index in [-0.39, 0.29) is 0 Å². The lowest BCUT2D eigenvalue weighted by Gasteiger charge is -2.25. The van der Waals surface area contributed by atoms with Crippen molar-refractivity contribution < 1.29 is 4.74 Å². The fourth-order valence-electron chi connectivity index (χ4n) is 2.37. The first-order chi connectivity index (χ1) is 9.83. The van der Waals surface area contributed by atoms with Crippen molar-refractivity contribution in [3.63, 3.8) is 0 Å². The summed E-state index contributed by atoms with van der Waals surface area (Å²) in [5.74, 6) is 1.34. The van der Waals surface area contributed by atoms with E-state index >= 15 is 0 Å². The second kappa shape index (κ2) is 7.87. The van der Waals surface area contributed by atoms with Gasteiger partial charge in [0.25, 0.3) is 0 Å². The summed E-state index contributed by atoms with van der Waals surface area (Å²) < 4.78 is 5.45. The van der Waals surface area contributed by atoms with Gasteiger partial charge < -0.3 is 15.0 Å². The van der Waals surface area contributed by atoms with Crippen molar-refractivity contribution in [2.45, 2.75) is 46.0 Å². The van der Waals surface area contributed by atoms with Gasteiger partial charge in [0.1, 0.15) is 0 Å². The molecule has 1 aliphatic heterocycles. The Morgan fingerprint density at radius 2 is 1.70 bits per heavy atom. The summed E-state index contributed by atoms with van der Waals surface area (Å²) in [5, 5.41) is 3.14. The van der Waals surface area contributed by atoms with Gasteiger partial charge in [-0.2, -0.15) is 15.0 Å². The largest absolute Gasteiger partial charge is 0.464 e. The Bertz CT molecular complexity index is 380. The van der Waals surface area contributed by atoms with Gasteiger partial charge in [-0.3, -0.25) is 0 Å². The third kappa shape index (κ3) is 4.21. The lowest BCUT2D eigenvalue weighted by Crippen LogP contribution is -2.29. The average Bonchev–Trinajstić information content (AvgIpc) is 2.38. The quantitative estimate of drug-likeness (QED) is 0.893. The number of ether oxygens (including phenoxy) is 1. The zero-order valence-electron chi connectivity index (χ0n) is 12.6. The van der Waals surface area contributed by atoms with Gasteiger partial charge in [-0.05, 0) is 26.7 Å². The van der Waals surface area contributed by atoms with Crippen LogP contribution in [0.25, 0.3) is 0 Å². The predicted octanol–water partition coefficient (Wildman–Crippen LogP) is 2.47. The van der Waals surface area contributed by atoms with Gasteiger partial charge in [-0.1, -0.05) is 19.3 Å². The Kier molecular flexibility index (Phi) is 5.83. The molecule has 1 aromatic rings. The molecule has 0 amide bonds. The number of rotatable bonds is 5. The summed E-state index contributed by atoms with van der Waals surface area (Å²) in [6.45, 7) is 7.35. The maximum absolute atomic E-state index is 5.45. The van der Waals surface area contributed by atoms with Crippen LogP contribution in [-0.2, 0) is 0 Å². The molecule has 2 rings (SSSR count). The molecule has 112 valence electrons.